The molecule has 0 heterocycles. The first-order valence-electron chi connectivity index (χ1n) is 8.64. The van der Waals surface area contributed by atoms with Crippen molar-refractivity contribution in [1.82, 2.24) is 0 Å². The third-order valence-corrected chi connectivity index (χ3v) is 4.14. The Morgan fingerprint density at radius 1 is 0.731 bits per heavy atom. The van der Waals surface area contributed by atoms with Gasteiger partial charge in [0.25, 0.3) is 0 Å². The Balaban J connectivity index is 2.25. The van der Waals surface area contributed by atoms with E-state index in [4.69, 9.17) is 10.7 Å². The van der Waals surface area contributed by atoms with E-state index in [1.165, 1.54) is 0 Å². The lowest BCUT2D eigenvalue weighted by Crippen LogP contribution is -2.07. The highest BCUT2D eigenvalue weighted by Gasteiger charge is 2.11. The van der Waals surface area contributed by atoms with Crippen molar-refractivity contribution in [3.05, 3.63) is 126 Å². The first kappa shape index (κ1) is 17.6. The zero-order chi connectivity index (χ0) is 18.2. The van der Waals surface area contributed by atoms with E-state index in [0.717, 1.165) is 33.7 Å². The van der Waals surface area contributed by atoms with Crippen molar-refractivity contribution in [2.24, 2.45) is 10.7 Å². The molecule has 2 heteroatoms. The molecular weight excluding hydrogens is 316 g/mol. The zero-order valence-corrected chi connectivity index (χ0v) is 14.7. The molecule has 0 spiro atoms. The highest BCUT2D eigenvalue weighted by Crippen LogP contribution is 2.23. The van der Waals surface area contributed by atoms with Crippen molar-refractivity contribution < 1.29 is 0 Å². The molecule has 0 aliphatic carbocycles. The number of aliphatic imine (C=N–C) groups is 1. The number of benzene rings is 3. The lowest BCUT2D eigenvalue weighted by atomic mass is 10.0. The largest absolute Gasteiger partial charge is 0.326 e. The second-order valence-corrected chi connectivity index (χ2v) is 5.84. The van der Waals surface area contributed by atoms with Gasteiger partial charge in [0, 0.05) is 23.2 Å². The number of rotatable bonds is 6. The van der Waals surface area contributed by atoms with E-state index in [1.807, 2.05) is 66.7 Å². The number of hydrogen-bond donors (Lipinski definition) is 1. The van der Waals surface area contributed by atoms with Crippen molar-refractivity contribution in [2.45, 2.75) is 0 Å². The number of nitrogens with two attached hydrogens (primary N) is 1. The fraction of sp³-hybridized carbons (Fsp3) is 0.0417. The molecule has 0 unspecified atom stereocenters. The van der Waals surface area contributed by atoms with Crippen molar-refractivity contribution in [2.75, 3.05) is 6.54 Å². The van der Waals surface area contributed by atoms with E-state index in [1.54, 1.807) is 6.08 Å². The van der Waals surface area contributed by atoms with Crippen LogP contribution in [0.4, 0.5) is 0 Å². The maximum absolute atomic E-state index is 5.98. The molecule has 0 bridgehead atoms. The van der Waals surface area contributed by atoms with Gasteiger partial charge in [-0.3, -0.25) is 0 Å². The average Bonchev–Trinajstić information content (AvgIpc) is 2.73. The molecule has 0 saturated carbocycles. The normalized spacial score (nSPS) is 11.4. The summed E-state index contributed by atoms with van der Waals surface area (Å²) in [5.74, 6) is 0. The van der Waals surface area contributed by atoms with Gasteiger partial charge in [-0.1, -0.05) is 104 Å². The standard InChI is InChI=1S/C24H22N2/c1-2-19(18-25)23(20-12-6-3-7-13-20)26-24(21-14-8-4-9-15-21)22-16-10-5-11-17-22/h2-17H,1,18,25H2/b23-19-. The maximum Gasteiger partial charge on any atom is 0.0781 e. The van der Waals surface area contributed by atoms with E-state index in [9.17, 15) is 0 Å². The first-order chi connectivity index (χ1) is 12.8. The average molecular weight is 338 g/mol. The predicted molar refractivity (Wildman–Crippen MR) is 111 cm³/mol. The summed E-state index contributed by atoms with van der Waals surface area (Å²) >= 11 is 0. The molecule has 2 nitrogen and oxygen atoms in total. The second-order valence-electron chi connectivity index (χ2n) is 5.84. The Labute approximate surface area is 155 Å². The van der Waals surface area contributed by atoms with Crippen LogP contribution in [-0.2, 0) is 0 Å². The third kappa shape index (κ3) is 4.05. The van der Waals surface area contributed by atoms with Crippen LogP contribution in [0.5, 0.6) is 0 Å². The van der Waals surface area contributed by atoms with Gasteiger partial charge < -0.3 is 5.73 Å². The van der Waals surface area contributed by atoms with Gasteiger partial charge >= 0.3 is 0 Å². The predicted octanol–water partition coefficient (Wildman–Crippen LogP) is 5.08. The molecular formula is C24H22N2. The lowest BCUT2D eigenvalue weighted by molar-refractivity contribution is 1.18. The Morgan fingerprint density at radius 3 is 1.54 bits per heavy atom. The van der Waals surface area contributed by atoms with Gasteiger partial charge in [0.1, 0.15) is 0 Å². The van der Waals surface area contributed by atoms with Crippen LogP contribution >= 0.6 is 0 Å². The summed E-state index contributed by atoms with van der Waals surface area (Å²) < 4.78 is 0. The van der Waals surface area contributed by atoms with E-state index >= 15 is 0 Å². The minimum atomic E-state index is 0.383. The molecule has 3 aromatic carbocycles. The highest BCUT2D eigenvalue weighted by atomic mass is 14.8. The van der Waals surface area contributed by atoms with Gasteiger partial charge in [-0.05, 0) is 5.57 Å². The van der Waals surface area contributed by atoms with Crippen molar-refractivity contribution >= 4 is 11.4 Å². The van der Waals surface area contributed by atoms with Gasteiger partial charge in [-0.15, -0.1) is 0 Å². The quantitative estimate of drug-likeness (QED) is 0.494. The summed E-state index contributed by atoms with van der Waals surface area (Å²) in [6.07, 6.45) is 1.79. The van der Waals surface area contributed by atoms with Crippen molar-refractivity contribution in [3.63, 3.8) is 0 Å². The monoisotopic (exact) mass is 338 g/mol. The smallest absolute Gasteiger partial charge is 0.0781 e. The van der Waals surface area contributed by atoms with Crippen LogP contribution in [0.3, 0.4) is 0 Å². The molecule has 0 aliphatic rings. The van der Waals surface area contributed by atoms with Gasteiger partial charge in [-0.25, -0.2) is 4.99 Å². The Hall–Kier alpha value is -3.23. The minimum absolute atomic E-state index is 0.383. The summed E-state index contributed by atoms with van der Waals surface area (Å²) in [6.45, 7) is 4.31. The third-order valence-electron chi connectivity index (χ3n) is 4.14. The SMILES string of the molecule is C=C/C(CN)=C(/N=C(c1ccccc1)c1ccccc1)c1ccccc1. The Bertz CT molecular complexity index is 867. The molecule has 0 atom stereocenters. The van der Waals surface area contributed by atoms with Gasteiger partial charge in [0.05, 0.1) is 11.4 Å². The van der Waals surface area contributed by atoms with Crippen LogP contribution in [0.15, 0.2) is 114 Å². The van der Waals surface area contributed by atoms with Crippen molar-refractivity contribution in [1.29, 1.82) is 0 Å². The molecule has 0 aliphatic heterocycles. The summed E-state index contributed by atoms with van der Waals surface area (Å²) in [5, 5.41) is 0. The molecule has 0 aromatic heterocycles. The summed E-state index contributed by atoms with van der Waals surface area (Å²) in [6, 6.07) is 30.5. The zero-order valence-electron chi connectivity index (χ0n) is 14.7. The van der Waals surface area contributed by atoms with Crippen LogP contribution in [0, 0.1) is 0 Å². The molecule has 0 saturated heterocycles. The maximum atomic E-state index is 5.98. The van der Waals surface area contributed by atoms with Crippen LogP contribution in [-0.4, -0.2) is 12.3 Å². The summed E-state index contributed by atoms with van der Waals surface area (Å²) in [7, 11) is 0. The molecule has 0 radical (unpaired) electrons. The molecule has 3 aromatic rings. The molecule has 0 amide bonds. The van der Waals surface area contributed by atoms with E-state index in [-0.39, 0.29) is 0 Å². The summed E-state index contributed by atoms with van der Waals surface area (Å²) in [4.78, 5) is 5.07. The number of hydrogen-bond acceptors (Lipinski definition) is 2. The molecule has 26 heavy (non-hydrogen) atoms. The Morgan fingerprint density at radius 2 is 1.15 bits per heavy atom. The minimum Gasteiger partial charge on any atom is -0.326 e. The lowest BCUT2D eigenvalue weighted by Gasteiger charge is -2.12. The first-order valence-corrected chi connectivity index (χ1v) is 8.64. The van der Waals surface area contributed by atoms with Crippen LogP contribution in [0.25, 0.3) is 5.70 Å². The molecule has 3 rings (SSSR count). The van der Waals surface area contributed by atoms with Crippen LogP contribution in [0.1, 0.15) is 16.7 Å². The fourth-order valence-electron chi connectivity index (χ4n) is 2.79. The van der Waals surface area contributed by atoms with E-state index in [0.29, 0.717) is 6.54 Å². The van der Waals surface area contributed by atoms with E-state index in [2.05, 4.69) is 30.8 Å². The number of nitrogens with zero attached hydrogens (tertiary/aromatic N) is 1. The van der Waals surface area contributed by atoms with Gasteiger partial charge in [-0.2, -0.15) is 0 Å². The Kier molecular flexibility index (Phi) is 5.92. The molecule has 128 valence electrons. The molecule has 2 N–H and O–H groups in total. The van der Waals surface area contributed by atoms with Crippen LogP contribution in [0.2, 0.25) is 0 Å². The second kappa shape index (κ2) is 8.75. The molecule has 0 fully saturated rings. The van der Waals surface area contributed by atoms with Crippen molar-refractivity contribution in [3.8, 4) is 0 Å². The van der Waals surface area contributed by atoms with Gasteiger partial charge in [0.15, 0.2) is 0 Å². The van der Waals surface area contributed by atoms with E-state index < -0.39 is 0 Å². The fourth-order valence-corrected chi connectivity index (χ4v) is 2.79. The van der Waals surface area contributed by atoms with Gasteiger partial charge in [0.2, 0.25) is 0 Å². The highest BCUT2D eigenvalue weighted by molar-refractivity contribution is 6.14. The summed E-state index contributed by atoms with van der Waals surface area (Å²) in [5.41, 5.74) is 11.8. The van der Waals surface area contributed by atoms with Crippen LogP contribution < -0.4 is 5.73 Å². The topological polar surface area (TPSA) is 38.4 Å².